The van der Waals surface area contributed by atoms with E-state index >= 15 is 0 Å². The molecule has 2 aliphatic rings. The molecule has 3 atom stereocenters. The summed E-state index contributed by atoms with van der Waals surface area (Å²) in [4.78, 5) is 23.0. The molecule has 2 unspecified atom stereocenters. The van der Waals surface area contributed by atoms with Crippen LogP contribution in [-0.4, -0.2) is 21.9 Å². The number of nitriles is 1. The van der Waals surface area contributed by atoms with E-state index in [4.69, 9.17) is 5.26 Å². The summed E-state index contributed by atoms with van der Waals surface area (Å²) in [6.45, 7) is 5.93. The van der Waals surface area contributed by atoms with E-state index in [1.54, 1.807) is 13.1 Å². The van der Waals surface area contributed by atoms with Crippen LogP contribution in [0.2, 0.25) is 0 Å². The number of carbonyl (C=O) groups excluding carboxylic acids is 1. The average molecular weight is 361 g/mol. The van der Waals surface area contributed by atoms with Gasteiger partial charge in [0.25, 0.3) is 0 Å². The summed E-state index contributed by atoms with van der Waals surface area (Å²) >= 11 is 0. The van der Waals surface area contributed by atoms with E-state index in [0.29, 0.717) is 17.4 Å². The highest BCUT2D eigenvalue weighted by molar-refractivity contribution is 5.94. The Hall–Kier alpha value is -2.94. The molecule has 0 radical (unpaired) electrons. The quantitative estimate of drug-likeness (QED) is 0.903. The summed E-state index contributed by atoms with van der Waals surface area (Å²) in [5.74, 6) is 1.52. The molecule has 6 nitrogen and oxygen atoms in total. The minimum atomic E-state index is 0.0309. The van der Waals surface area contributed by atoms with Gasteiger partial charge in [-0.25, -0.2) is 9.97 Å². The van der Waals surface area contributed by atoms with Gasteiger partial charge in [0.1, 0.15) is 11.9 Å². The van der Waals surface area contributed by atoms with Crippen LogP contribution < -0.4 is 10.2 Å². The van der Waals surface area contributed by atoms with Crippen molar-refractivity contribution in [3.63, 3.8) is 0 Å². The third-order valence-electron chi connectivity index (χ3n) is 5.65. The number of amides is 1. The van der Waals surface area contributed by atoms with Crippen molar-refractivity contribution in [2.45, 2.75) is 45.7 Å². The molecule has 4 rings (SSSR count). The Balaban J connectivity index is 1.77. The Morgan fingerprint density at radius 1 is 1.30 bits per heavy atom. The zero-order valence-corrected chi connectivity index (χ0v) is 15.8. The summed E-state index contributed by atoms with van der Waals surface area (Å²) in [6.07, 6.45) is 5.42. The van der Waals surface area contributed by atoms with Gasteiger partial charge in [0.15, 0.2) is 5.69 Å². The summed E-state index contributed by atoms with van der Waals surface area (Å²) in [5.41, 5.74) is 3.56. The lowest BCUT2D eigenvalue weighted by Gasteiger charge is -2.46. The number of aryl methyl sites for hydroxylation is 1. The largest absolute Gasteiger partial charge is 0.362 e. The number of nitrogens with zero attached hydrogens (tertiary/aromatic N) is 4. The van der Waals surface area contributed by atoms with Gasteiger partial charge in [-0.05, 0) is 37.3 Å². The van der Waals surface area contributed by atoms with Crippen LogP contribution in [0.15, 0.2) is 30.6 Å². The van der Waals surface area contributed by atoms with Gasteiger partial charge in [-0.3, -0.25) is 4.79 Å². The molecule has 0 saturated heterocycles. The molecule has 6 heteroatoms. The van der Waals surface area contributed by atoms with Gasteiger partial charge in [-0.1, -0.05) is 24.6 Å². The molecule has 2 aromatic rings. The number of anilines is 2. The third-order valence-corrected chi connectivity index (χ3v) is 5.65. The second-order valence-corrected chi connectivity index (χ2v) is 7.66. The number of nitrogens with one attached hydrogen (secondary N) is 1. The first-order chi connectivity index (χ1) is 13.0. The number of hydrogen-bond acceptors (Lipinski definition) is 5. The van der Waals surface area contributed by atoms with Gasteiger partial charge in [0.2, 0.25) is 5.91 Å². The summed E-state index contributed by atoms with van der Waals surface area (Å²) in [6, 6.07) is 8.48. The molecule has 138 valence electrons. The first-order valence-electron chi connectivity index (χ1n) is 9.38. The molecule has 1 aromatic heterocycles. The van der Waals surface area contributed by atoms with Gasteiger partial charge in [-0.2, -0.15) is 5.26 Å². The van der Waals surface area contributed by atoms with Crippen LogP contribution in [0.1, 0.15) is 49.6 Å². The van der Waals surface area contributed by atoms with Gasteiger partial charge < -0.3 is 10.2 Å². The van der Waals surface area contributed by atoms with Gasteiger partial charge >= 0.3 is 0 Å². The first kappa shape index (κ1) is 17.5. The highest BCUT2D eigenvalue weighted by Gasteiger charge is 2.47. The molecule has 1 amide bonds. The molecule has 1 N–H and O–H groups in total. The number of aromatic nitrogens is 2. The second-order valence-electron chi connectivity index (χ2n) is 7.66. The number of benzene rings is 1. The van der Waals surface area contributed by atoms with Crippen molar-refractivity contribution < 1.29 is 4.79 Å². The minimum absolute atomic E-state index is 0.0309. The fourth-order valence-electron chi connectivity index (χ4n) is 4.30. The topological polar surface area (TPSA) is 81.9 Å². The van der Waals surface area contributed by atoms with Crippen molar-refractivity contribution in [1.29, 1.82) is 5.26 Å². The highest BCUT2D eigenvalue weighted by Crippen LogP contribution is 2.50. The van der Waals surface area contributed by atoms with Crippen molar-refractivity contribution in [3.8, 4) is 6.07 Å². The van der Waals surface area contributed by atoms with Crippen LogP contribution >= 0.6 is 0 Å². The van der Waals surface area contributed by atoms with Crippen LogP contribution in [0, 0.1) is 30.1 Å². The normalized spacial score (nSPS) is 24.1. The second kappa shape index (κ2) is 6.66. The monoisotopic (exact) mass is 361 g/mol. The summed E-state index contributed by atoms with van der Waals surface area (Å²) in [5, 5.41) is 12.4. The molecule has 0 spiro atoms. The van der Waals surface area contributed by atoms with E-state index < -0.39 is 0 Å². The predicted molar refractivity (Wildman–Crippen MR) is 103 cm³/mol. The Kier molecular flexibility index (Phi) is 4.31. The standard InChI is InChI=1S/C21H23N5O/c1-12-4-7-18-17(8-12)20(25-19-11-23-16(9-22)10-24-19)13(2)21(15-5-6-15)26(18)14(3)27/h4,7-8,10-11,13,15,20-21H,5-6H2,1-3H3,(H,24,25)/t13-,20?,21?/m1/s1. The summed E-state index contributed by atoms with van der Waals surface area (Å²) in [7, 11) is 0. The summed E-state index contributed by atoms with van der Waals surface area (Å²) < 4.78 is 0. The molecule has 1 fully saturated rings. The minimum Gasteiger partial charge on any atom is -0.362 e. The van der Waals surface area contributed by atoms with E-state index in [9.17, 15) is 4.79 Å². The molecule has 1 aliphatic carbocycles. The fraction of sp³-hybridized carbons (Fsp3) is 0.429. The highest BCUT2D eigenvalue weighted by atomic mass is 16.2. The van der Waals surface area contributed by atoms with E-state index in [0.717, 1.165) is 16.8 Å². The van der Waals surface area contributed by atoms with Crippen molar-refractivity contribution >= 4 is 17.4 Å². The molecule has 1 aliphatic heterocycles. The van der Waals surface area contributed by atoms with Gasteiger partial charge in [0, 0.05) is 24.6 Å². The van der Waals surface area contributed by atoms with Crippen LogP contribution in [0.25, 0.3) is 0 Å². The van der Waals surface area contributed by atoms with Crippen molar-refractivity contribution in [2.75, 3.05) is 10.2 Å². The zero-order valence-electron chi connectivity index (χ0n) is 15.8. The predicted octanol–water partition coefficient (Wildman–Crippen LogP) is 3.59. The maximum atomic E-state index is 12.5. The smallest absolute Gasteiger partial charge is 0.224 e. The van der Waals surface area contributed by atoms with Gasteiger partial charge in [0.05, 0.1) is 18.4 Å². The van der Waals surface area contributed by atoms with Crippen molar-refractivity contribution in [2.24, 2.45) is 11.8 Å². The Bertz CT molecular complexity index is 913. The maximum Gasteiger partial charge on any atom is 0.224 e. The maximum absolute atomic E-state index is 12.5. The van der Waals surface area contributed by atoms with Crippen molar-refractivity contribution in [1.82, 2.24) is 9.97 Å². The number of rotatable bonds is 3. The lowest BCUT2D eigenvalue weighted by atomic mass is 9.79. The van der Waals surface area contributed by atoms with Crippen molar-refractivity contribution in [3.05, 3.63) is 47.4 Å². The van der Waals surface area contributed by atoms with E-state index in [1.165, 1.54) is 19.0 Å². The van der Waals surface area contributed by atoms with Crippen LogP contribution in [-0.2, 0) is 4.79 Å². The molecule has 27 heavy (non-hydrogen) atoms. The van der Waals surface area contributed by atoms with E-state index in [-0.39, 0.29) is 23.9 Å². The molecular formula is C21H23N5O. The number of carbonyl (C=O) groups is 1. The molecule has 2 heterocycles. The van der Waals surface area contributed by atoms with E-state index in [2.05, 4.69) is 47.3 Å². The zero-order chi connectivity index (χ0) is 19.1. The fourth-order valence-corrected chi connectivity index (χ4v) is 4.30. The van der Waals surface area contributed by atoms with Crippen LogP contribution in [0.3, 0.4) is 0 Å². The Labute approximate surface area is 159 Å². The Morgan fingerprint density at radius 3 is 2.67 bits per heavy atom. The lowest BCUT2D eigenvalue weighted by Crippen LogP contribution is -2.51. The third kappa shape index (κ3) is 3.14. The van der Waals surface area contributed by atoms with Gasteiger partial charge in [-0.15, -0.1) is 0 Å². The molecule has 1 aromatic carbocycles. The SMILES string of the molecule is CC(=O)N1c2ccc(C)cc2C(Nc2cnc(C#N)cn2)[C@@H](C)C1C1CC1. The lowest BCUT2D eigenvalue weighted by molar-refractivity contribution is -0.117. The number of hydrogen-bond donors (Lipinski definition) is 1. The molecular weight excluding hydrogens is 338 g/mol. The Morgan fingerprint density at radius 2 is 2.07 bits per heavy atom. The molecule has 0 bridgehead atoms. The number of fused-ring (bicyclic) bond motifs is 1. The molecule has 1 saturated carbocycles. The average Bonchev–Trinajstić information content (AvgIpc) is 3.48. The first-order valence-corrected chi connectivity index (χ1v) is 9.38. The van der Waals surface area contributed by atoms with Crippen LogP contribution in [0.4, 0.5) is 11.5 Å². The van der Waals surface area contributed by atoms with Crippen LogP contribution in [0.5, 0.6) is 0 Å². The van der Waals surface area contributed by atoms with E-state index in [1.807, 2.05) is 11.0 Å².